The molecular weight excluding hydrogens is 254 g/mol. The normalized spacial score (nSPS) is 10.2. The Morgan fingerprint density at radius 1 is 1.29 bits per heavy atom. The van der Waals surface area contributed by atoms with Crippen LogP contribution in [0.3, 0.4) is 0 Å². The van der Waals surface area contributed by atoms with Gasteiger partial charge in [-0.1, -0.05) is 17.7 Å². The van der Waals surface area contributed by atoms with Crippen molar-refractivity contribution in [2.24, 2.45) is 0 Å². The molecule has 0 bridgehead atoms. The molecule has 88 valence electrons. The van der Waals surface area contributed by atoms with Crippen molar-refractivity contribution in [1.82, 2.24) is 9.97 Å². The van der Waals surface area contributed by atoms with E-state index in [0.717, 1.165) is 28.0 Å². The van der Waals surface area contributed by atoms with Crippen LogP contribution in [-0.4, -0.2) is 22.3 Å². The van der Waals surface area contributed by atoms with Gasteiger partial charge in [-0.2, -0.15) is 0 Å². The summed E-state index contributed by atoms with van der Waals surface area (Å²) in [5, 5.41) is 4.99. The highest BCUT2D eigenvalue weighted by Gasteiger charge is 1.96. The van der Waals surface area contributed by atoms with Gasteiger partial charge in [0.25, 0.3) is 0 Å². The van der Waals surface area contributed by atoms with Crippen molar-refractivity contribution in [1.29, 1.82) is 0 Å². The van der Waals surface area contributed by atoms with E-state index in [1.807, 2.05) is 24.3 Å². The molecule has 17 heavy (non-hydrogen) atoms. The third-order valence-electron chi connectivity index (χ3n) is 2.05. The SMILES string of the molecule is Clc1cccc(NCCSc2cnccn2)c1. The number of hydrogen-bond acceptors (Lipinski definition) is 4. The Hall–Kier alpha value is -1.26. The highest BCUT2D eigenvalue weighted by atomic mass is 35.5. The Balaban J connectivity index is 1.73. The van der Waals surface area contributed by atoms with Crippen molar-refractivity contribution < 1.29 is 0 Å². The van der Waals surface area contributed by atoms with Crippen LogP contribution in [0.2, 0.25) is 5.02 Å². The van der Waals surface area contributed by atoms with Gasteiger partial charge < -0.3 is 5.32 Å². The molecule has 0 spiro atoms. The van der Waals surface area contributed by atoms with Crippen LogP contribution in [0.15, 0.2) is 47.9 Å². The second kappa shape index (κ2) is 6.47. The molecule has 5 heteroatoms. The lowest BCUT2D eigenvalue weighted by Gasteiger charge is -2.05. The number of aromatic nitrogens is 2. The van der Waals surface area contributed by atoms with Gasteiger partial charge in [0.2, 0.25) is 0 Å². The van der Waals surface area contributed by atoms with Gasteiger partial charge in [-0.25, -0.2) is 4.98 Å². The number of nitrogens with zero attached hydrogens (tertiary/aromatic N) is 2. The largest absolute Gasteiger partial charge is 0.384 e. The maximum absolute atomic E-state index is 5.89. The fraction of sp³-hybridized carbons (Fsp3) is 0.167. The highest BCUT2D eigenvalue weighted by Crippen LogP contribution is 2.16. The first-order valence-corrected chi connectivity index (χ1v) is 6.59. The number of halogens is 1. The lowest BCUT2D eigenvalue weighted by atomic mass is 10.3. The van der Waals surface area contributed by atoms with Gasteiger partial charge in [-0.15, -0.1) is 11.8 Å². The first kappa shape index (κ1) is 12.2. The van der Waals surface area contributed by atoms with E-state index in [-0.39, 0.29) is 0 Å². The molecule has 0 atom stereocenters. The van der Waals surface area contributed by atoms with Gasteiger partial charge in [0.1, 0.15) is 5.03 Å². The van der Waals surface area contributed by atoms with Crippen LogP contribution in [-0.2, 0) is 0 Å². The Morgan fingerprint density at radius 3 is 3.00 bits per heavy atom. The van der Waals surface area contributed by atoms with Crippen molar-refractivity contribution >= 4 is 29.1 Å². The predicted octanol–water partition coefficient (Wildman–Crippen LogP) is 3.33. The van der Waals surface area contributed by atoms with Crippen molar-refractivity contribution in [2.75, 3.05) is 17.6 Å². The molecule has 0 amide bonds. The van der Waals surface area contributed by atoms with Crippen LogP contribution in [0.1, 0.15) is 0 Å². The molecule has 0 radical (unpaired) electrons. The fourth-order valence-electron chi connectivity index (χ4n) is 1.31. The maximum atomic E-state index is 5.89. The van der Waals surface area contributed by atoms with Gasteiger partial charge in [-0.3, -0.25) is 4.98 Å². The smallest absolute Gasteiger partial charge is 0.114 e. The summed E-state index contributed by atoms with van der Waals surface area (Å²) in [7, 11) is 0. The number of nitrogens with one attached hydrogen (secondary N) is 1. The van der Waals surface area contributed by atoms with E-state index < -0.39 is 0 Å². The second-order valence-electron chi connectivity index (χ2n) is 3.33. The number of thioether (sulfide) groups is 1. The zero-order valence-corrected chi connectivity index (χ0v) is 10.7. The fourth-order valence-corrected chi connectivity index (χ4v) is 2.18. The third-order valence-corrected chi connectivity index (χ3v) is 3.20. The van der Waals surface area contributed by atoms with Crippen LogP contribution in [0.25, 0.3) is 0 Å². The minimum atomic E-state index is 0.747. The molecule has 0 aliphatic heterocycles. The minimum absolute atomic E-state index is 0.747. The molecule has 2 aromatic rings. The van der Waals surface area contributed by atoms with Crippen molar-refractivity contribution in [2.45, 2.75) is 5.03 Å². The Bertz CT molecular complexity index is 464. The summed E-state index contributed by atoms with van der Waals surface area (Å²) in [6, 6.07) is 7.70. The first-order valence-electron chi connectivity index (χ1n) is 5.23. The topological polar surface area (TPSA) is 37.8 Å². The predicted molar refractivity (Wildman–Crippen MR) is 72.7 cm³/mol. The van der Waals surface area contributed by atoms with E-state index in [1.165, 1.54) is 0 Å². The quantitative estimate of drug-likeness (QED) is 0.665. The molecule has 0 aliphatic rings. The molecule has 0 unspecified atom stereocenters. The summed E-state index contributed by atoms with van der Waals surface area (Å²) in [5.74, 6) is 0.936. The van der Waals surface area contributed by atoms with E-state index in [9.17, 15) is 0 Å². The van der Waals surface area contributed by atoms with Gasteiger partial charge in [0.05, 0.1) is 6.20 Å². The molecule has 2 rings (SSSR count). The third kappa shape index (κ3) is 4.24. The average molecular weight is 266 g/mol. The Morgan fingerprint density at radius 2 is 2.24 bits per heavy atom. The van der Waals surface area contributed by atoms with Crippen LogP contribution in [0.4, 0.5) is 5.69 Å². The van der Waals surface area contributed by atoms with E-state index in [2.05, 4.69) is 15.3 Å². The molecule has 0 saturated heterocycles. The van der Waals surface area contributed by atoms with Crippen LogP contribution >= 0.6 is 23.4 Å². The summed E-state index contributed by atoms with van der Waals surface area (Å²) in [6.07, 6.45) is 5.14. The van der Waals surface area contributed by atoms with Crippen LogP contribution in [0.5, 0.6) is 0 Å². The molecule has 1 N–H and O–H groups in total. The molecule has 0 fully saturated rings. The number of hydrogen-bond donors (Lipinski definition) is 1. The van der Waals surface area contributed by atoms with E-state index >= 15 is 0 Å². The van der Waals surface area contributed by atoms with Gasteiger partial charge in [0.15, 0.2) is 0 Å². The van der Waals surface area contributed by atoms with E-state index in [1.54, 1.807) is 30.4 Å². The number of anilines is 1. The molecular formula is C12H12ClN3S. The monoisotopic (exact) mass is 265 g/mol. The molecule has 1 heterocycles. The van der Waals surface area contributed by atoms with Crippen molar-refractivity contribution in [3.8, 4) is 0 Å². The highest BCUT2D eigenvalue weighted by molar-refractivity contribution is 7.99. The zero-order chi connectivity index (χ0) is 11.9. The average Bonchev–Trinajstić information content (AvgIpc) is 2.36. The minimum Gasteiger partial charge on any atom is -0.384 e. The van der Waals surface area contributed by atoms with Gasteiger partial charge in [0, 0.05) is 35.4 Å². The van der Waals surface area contributed by atoms with Crippen molar-refractivity contribution in [3.05, 3.63) is 47.9 Å². The van der Waals surface area contributed by atoms with Gasteiger partial charge >= 0.3 is 0 Å². The summed E-state index contributed by atoms with van der Waals surface area (Å²) >= 11 is 7.56. The Kier molecular flexibility index (Phi) is 4.64. The molecule has 1 aromatic heterocycles. The van der Waals surface area contributed by atoms with E-state index in [4.69, 9.17) is 11.6 Å². The first-order chi connectivity index (χ1) is 8.34. The summed E-state index contributed by atoms with van der Waals surface area (Å²) in [6.45, 7) is 0.863. The number of rotatable bonds is 5. The second-order valence-corrected chi connectivity index (χ2v) is 4.88. The molecule has 1 aromatic carbocycles. The molecule has 0 saturated carbocycles. The lowest BCUT2D eigenvalue weighted by molar-refractivity contribution is 1.05. The zero-order valence-electron chi connectivity index (χ0n) is 9.14. The van der Waals surface area contributed by atoms with Crippen LogP contribution < -0.4 is 5.32 Å². The summed E-state index contributed by atoms with van der Waals surface area (Å²) in [5.41, 5.74) is 1.04. The lowest BCUT2D eigenvalue weighted by Crippen LogP contribution is -2.03. The van der Waals surface area contributed by atoms with Gasteiger partial charge in [-0.05, 0) is 18.2 Å². The number of benzene rings is 1. The summed E-state index contributed by atoms with van der Waals surface area (Å²) < 4.78 is 0. The summed E-state index contributed by atoms with van der Waals surface area (Å²) in [4.78, 5) is 8.20. The van der Waals surface area contributed by atoms with E-state index in [0.29, 0.717) is 0 Å². The van der Waals surface area contributed by atoms with Crippen molar-refractivity contribution in [3.63, 3.8) is 0 Å². The molecule has 0 aliphatic carbocycles. The molecule has 3 nitrogen and oxygen atoms in total. The standard InChI is InChI=1S/C12H12ClN3S/c13-10-2-1-3-11(8-10)15-6-7-17-12-9-14-4-5-16-12/h1-5,8-9,15H,6-7H2. The Labute approximate surface area is 110 Å². The van der Waals surface area contributed by atoms with Crippen LogP contribution in [0, 0.1) is 0 Å². The maximum Gasteiger partial charge on any atom is 0.114 e.